The van der Waals surface area contributed by atoms with E-state index in [1.807, 2.05) is 0 Å². The molecule has 3 atom stereocenters. The van der Waals surface area contributed by atoms with E-state index in [0.29, 0.717) is 24.3 Å². The molecular weight excluding hydrogens is 268 g/mol. The summed E-state index contributed by atoms with van der Waals surface area (Å²) in [6, 6.07) is 0.109. The zero-order valence-electron chi connectivity index (χ0n) is 12.6. The Bertz CT molecular complexity index is 482. The molecule has 3 rings (SSSR count). The average molecular weight is 292 g/mol. The zero-order valence-corrected chi connectivity index (χ0v) is 12.6. The fourth-order valence-electron chi connectivity index (χ4n) is 3.36. The molecule has 3 unspecified atom stereocenters. The molecular formula is C15H24N4O2. The van der Waals surface area contributed by atoms with Gasteiger partial charge in [-0.25, -0.2) is 0 Å². The molecule has 1 aliphatic heterocycles. The van der Waals surface area contributed by atoms with Crippen LogP contribution in [0.1, 0.15) is 68.0 Å². The van der Waals surface area contributed by atoms with Gasteiger partial charge in [0.2, 0.25) is 5.89 Å². The van der Waals surface area contributed by atoms with Gasteiger partial charge in [0.05, 0.1) is 6.04 Å². The van der Waals surface area contributed by atoms with Gasteiger partial charge in [0.25, 0.3) is 11.7 Å². The second kappa shape index (κ2) is 6.56. The van der Waals surface area contributed by atoms with Gasteiger partial charge in [-0.3, -0.25) is 4.79 Å². The fraction of sp³-hybridized carbons (Fsp3) is 0.800. The molecule has 0 bridgehead atoms. The highest BCUT2D eigenvalue weighted by atomic mass is 16.5. The van der Waals surface area contributed by atoms with E-state index >= 15 is 0 Å². The summed E-state index contributed by atoms with van der Waals surface area (Å²) in [6.45, 7) is 3.95. The standard InChI is InChI=1S/C15H24N4O2/c1-10-5-2-3-6-11(10)9-17-14(20)13-18-15(21-19-13)12-7-4-8-16-12/h10-12,16H,2-9H2,1H3,(H,17,20). The minimum absolute atomic E-state index is 0.109. The highest BCUT2D eigenvalue weighted by Crippen LogP contribution is 2.28. The van der Waals surface area contributed by atoms with Crippen molar-refractivity contribution >= 4 is 5.91 Å². The number of hydrogen-bond acceptors (Lipinski definition) is 5. The van der Waals surface area contributed by atoms with Crippen LogP contribution in [0.15, 0.2) is 4.52 Å². The van der Waals surface area contributed by atoms with Crippen LogP contribution in [0.25, 0.3) is 0 Å². The van der Waals surface area contributed by atoms with Crippen molar-refractivity contribution in [3.8, 4) is 0 Å². The maximum atomic E-state index is 12.1. The summed E-state index contributed by atoms with van der Waals surface area (Å²) in [5.74, 6) is 1.72. The van der Waals surface area contributed by atoms with Gasteiger partial charge in [0, 0.05) is 6.54 Å². The van der Waals surface area contributed by atoms with E-state index in [1.165, 1.54) is 25.7 Å². The predicted molar refractivity (Wildman–Crippen MR) is 77.7 cm³/mol. The van der Waals surface area contributed by atoms with E-state index in [2.05, 4.69) is 27.7 Å². The lowest BCUT2D eigenvalue weighted by atomic mass is 9.80. The van der Waals surface area contributed by atoms with Crippen molar-refractivity contribution in [1.29, 1.82) is 0 Å². The molecule has 0 aromatic carbocycles. The SMILES string of the molecule is CC1CCCCC1CNC(=O)c1noc(C2CCCN2)n1. The monoisotopic (exact) mass is 292 g/mol. The number of amides is 1. The molecule has 116 valence electrons. The molecule has 1 saturated heterocycles. The first-order valence-corrected chi connectivity index (χ1v) is 8.09. The highest BCUT2D eigenvalue weighted by Gasteiger charge is 2.25. The number of nitrogens with one attached hydrogen (secondary N) is 2. The molecule has 1 saturated carbocycles. The Morgan fingerprint density at radius 3 is 2.95 bits per heavy atom. The van der Waals surface area contributed by atoms with Gasteiger partial charge in [-0.15, -0.1) is 0 Å². The predicted octanol–water partition coefficient (Wildman–Crippen LogP) is 2.05. The lowest BCUT2D eigenvalue weighted by Crippen LogP contribution is -2.34. The zero-order chi connectivity index (χ0) is 14.7. The molecule has 1 aromatic rings. The lowest BCUT2D eigenvalue weighted by Gasteiger charge is -2.28. The number of nitrogens with zero attached hydrogens (tertiary/aromatic N) is 2. The number of rotatable bonds is 4. The minimum atomic E-state index is -0.222. The highest BCUT2D eigenvalue weighted by molar-refractivity contribution is 5.90. The van der Waals surface area contributed by atoms with E-state index in [9.17, 15) is 4.79 Å². The third kappa shape index (κ3) is 3.43. The Hall–Kier alpha value is -1.43. The Morgan fingerprint density at radius 2 is 2.19 bits per heavy atom. The number of carbonyl (C=O) groups excluding carboxylic acids is 1. The Labute approximate surface area is 125 Å². The molecule has 1 aromatic heterocycles. The van der Waals surface area contributed by atoms with Crippen LogP contribution in [-0.4, -0.2) is 29.1 Å². The van der Waals surface area contributed by atoms with E-state index in [4.69, 9.17) is 4.52 Å². The van der Waals surface area contributed by atoms with E-state index < -0.39 is 0 Å². The van der Waals surface area contributed by atoms with Crippen molar-refractivity contribution in [2.45, 2.75) is 51.5 Å². The fourth-order valence-corrected chi connectivity index (χ4v) is 3.36. The molecule has 6 heteroatoms. The van der Waals surface area contributed by atoms with Crippen LogP contribution in [0.5, 0.6) is 0 Å². The van der Waals surface area contributed by atoms with Gasteiger partial charge in [0.15, 0.2) is 0 Å². The Balaban J connectivity index is 1.53. The summed E-state index contributed by atoms with van der Waals surface area (Å²) < 4.78 is 5.20. The first-order chi connectivity index (χ1) is 10.2. The van der Waals surface area contributed by atoms with Crippen molar-refractivity contribution < 1.29 is 9.32 Å². The Kier molecular flexibility index (Phi) is 4.53. The number of hydrogen-bond donors (Lipinski definition) is 2. The molecule has 21 heavy (non-hydrogen) atoms. The van der Waals surface area contributed by atoms with Gasteiger partial charge in [-0.2, -0.15) is 4.98 Å². The smallest absolute Gasteiger partial charge is 0.292 e. The molecule has 0 spiro atoms. The molecule has 1 aliphatic carbocycles. The van der Waals surface area contributed by atoms with Crippen LogP contribution in [0.2, 0.25) is 0 Å². The van der Waals surface area contributed by atoms with E-state index in [0.717, 1.165) is 19.4 Å². The quantitative estimate of drug-likeness (QED) is 0.888. The van der Waals surface area contributed by atoms with Crippen molar-refractivity contribution in [1.82, 2.24) is 20.8 Å². The first kappa shape index (κ1) is 14.5. The normalized spacial score (nSPS) is 29.5. The van der Waals surface area contributed by atoms with E-state index in [1.54, 1.807) is 0 Å². The Morgan fingerprint density at radius 1 is 1.33 bits per heavy atom. The third-order valence-electron chi connectivity index (χ3n) is 4.82. The second-order valence-corrected chi connectivity index (χ2v) is 6.34. The van der Waals surface area contributed by atoms with Gasteiger partial charge in [-0.05, 0) is 37.6 Å². The average Bonchev–Trinajstić information content (AvgIpc) is 3.16. The van der Waals surface area contributed by atoms with Crippen LogP contribution < -0.4 is 10.6 Å². The maximum Gasteiger partial charge on any atom is 0.292 e. The van der Waals surface area contributed by atoms with Crippen molar-refractivity contribution in [3.05, 3.63) is 11.7 Å². The summed E-state index contributed by atoms with van der Waals surface area (Å²) in [5.41, 5.74) is 0. The van der Waals surface area contributed by atoms with Crippen LogP contribution in [-0.2, 0) is 0 Å². The molecule has 6 nitrogen and oxygen atoms in total. The molecule has 0 radical (unpaired) electrons. The van der Waals surface area contributed by atoms with Crippen molar-refractivity contribution in [2.24, 2.45) is 11.8 Å². The van der Waals surface area contributed by atoms with Crippen LogP contribution in [0.4, 0.5) is 0 Å². The van der Waals surface area contributed by atoms with E-state index in [-0.39, 0.29) is 17.8 Å². The summed E-state index contributed by atoms with van der Waals surface area (Å²) in [5, 5.41) is 10.1. The van der Waals surface area contributed by atoms with Crippen LogP contribution in [0, 0.1) is 11.8 Å². The van der Waals surface area contributed by atoms with Gasteiger partial charge in [0.1, 0.15) is 0 Å². The molecule has 2 aliphatic rings. The largest absolute Gasteiger partial charge is 0.349 e. The van der Waals surface area contributed by atoms with Crippen LogP contribution >= 0.6 is 0 Å². The lowest BCUT2D eigenvalue weighted by molar-refractivity contribution is 0.0923. The molecule has 2 fully saturated rings. The third-order valence-corrected chi connectivity index (χ3v) is 4.82. The molecule has 1 amide bonds. The van der Waals surface area contributed by atoms with Gasteiger partial charge < -0.3 is 15.2 Å². The summed E-state index contributed by atoms with van der Waals surface area (Å²) >= 11 is 0. The van der Waals surface area contributed by atoms with Crippen molar-refractivity contribution in [3.63, 3.8) is 0 Å². The van der Waals surface area contributed by atoms with Crippen molar-refractivity contribution in [2.75, 3.05) is 13.1 Å². The topological polar surface area (TPSA) is 80.0 Å². The van der Waals surface area contributed by atoms with Gasteiger partial charge in [-0.1, -0.05) is 31.3 Å². The first-order valence-electron chi connectivity index (χ1n) is 8.09. The maximum absolute atomic E-state index is 12.1. The molecule has 2 N–H and O–H groups in total. The van der Waals surface area contributed by atoms with Crippen LogP contribution in [0.3, 0.4) is 0 Å². The number of aromatic nitrogens is 2. The second-order valence-electron chi connectivity index (χ2n) is 6.34. The molecule has 2 heterocycles. The number of carbonyl (C=O) groups is 1. The minimum Gasteiger partial charge on any atom is -0.349 e. The summed E-state index contributed by atoms with van der Waals surface area (Å²) in [6.07, 6.45) is 7.14. The van der Waals surface area contributed by atoms with Gasteiger partial charge >= 0.3 is 0 Å². The summed E-state index contributed by atoms with van der Waals surface area (Å²) in [4.78, 5) is 16.3. The summed E-state index contributed by atoms with van der Waals surface area (Å²) in [7, 11) is 0.